The van der Waals surface area contributed by atoms with Crippen LogP contribution in [0.3, 0.4) is 0 Å². The fraction of sp³-hybridized carbons (Fsp3) is 0.765. The van der Waals surface area contributed by atoms with Crippen LogP contribution in [0.5, 0.6) is 0 Å². The zero-order valence-electron chi connectivity index (χ0n) is 13.9. The van der Waals surface area contributed by atoms with Crippen LogP contribution in [0.15, 0.2) is 12.3 Å². The van der Waals surface area contributed by atoms with Gasteiger partial charge in [0.2, 0.25) is 5.95 Å². The van der Waals surface area contributed by atoms with Crippen molar-refractivity contribution < 1.29 is 0 Å². The first-order valence-electron chi connectivity index (χ1n) is 8.03. The lowest BCUT2D eigenvalue weighted by Crippen LogP contribution is -2.30. The van der Waals surface area contributed by atoms with Gasteiger partial charge in [-0.15, -0.1) is 0 Å². The molecule has 0 fully saturated rings. The summed E-state index contributed by atoms with van der Waals surface area (Å²) in [5.74, 6) is 0.907. The Bertz CT molecular complexity index is 382. The van der Waals surface area contributed by atoms with Crippen molar-refractivity contribution in [2.24, 2.45) is 5.41 Å². The molecule has 0 unspecified atom stereocenters. The first-order chi connectivity index (χ1) is 9.46. The second kappa shape index (κ2) is 8.23. The molecule has 0 bridgehead atoms. The van der Waals surface area contributed by atoms with Gasteiger partial charge in [-0.3, -0.25) is 0 Å². The van der Waals surface area contributed by atoms with Crippen LogP contribution in [0.2, 0.25) is 0 Å². The van der Waals surface area contributed by atoms with Crippen LogP contribution in [0.4, 0.5) is 5.95 Å². The molecule has 0 aliphatic carbocycles. The van der Waals surface area contributed by atoms with Crippen molar-refractivity contribution in [2.45, 2.75) is 66.7 Å². The summed E-state index contributed by atoms with van der Waals surface area (Å²) < 4.78 is 0. The monoisotopic (exact) mass is 277 g/mol. The minimum absolute atomic E-state index is 0.353. The fourth-order valence-electron chi connectivity index (χ4n) is 2.09. The van der Waals surface area contributed by atoms with E-state index in [4.69, 9.17) is 4.98 Å². The molecule has 0 radical (unpaired) electrons. The van der Waals surface area contributed by atoms with Crippen LogP contribution >= 0.6 is 0 Å². The van der Waals surface area contributed by atoms with Gasteiger partial charge in [0.1, 0.15) is 0 Å². The van der Waals surface area contributed by atoms with E-state index in [0.717, 1.165) is 38.3 Å². The molecular weight excluding hydrogens is 246 g/mol. The molecule has 1 aromatic rings. The van der Waals surface area contributed by atoms with Crippen LogP contribution in [-0.2, 0) is 6.42 Å². The third-order valence-corrected chi connectivity index (χ3v) is 3.40. The molecule has 0 saturated carbocycles. The second-order valence-electron chi connectivity index (χ2n) is 6.75. The van der Waals surface area contributed by atoms with Crippen molar-refractivity contribution in [1.82, 2.24) is 9.97 Å². The highest BCUT2D eigenvalue weighted by molar-refractivity contribution is 5.30. The Morgan fingerprint density at radius 3 is 2.45 bits per heavy atom. The van der Waals surface area contributed by atoms with Gasteiger partial charge in [0, 0.05) is 25.0 Å². The van der Waals surface area contributed by atoms with E-state index in [1.165, 1.54) is 18.5 Å². The van der Waals surface area contributed by atoms with E-state index in [1.807, 2.05) is 12.3 Å². The summed E-state index contributed by atoms with van der Waals surface area (Å²) in [5.41, 5.74) is 1.53. The Morgan fingerprint density at radius 2 is 1.85 bits per heavy atom. The lowest BCUT2D eigenvalue weighted by atomic mass is 9.92. The van der Waals surface area contributed by atoms with Crippen LogP contribution in [0, 0.1) is 5.41 Å². The Kier molecular flexibility index (Phi) is 6.97. The van der Waals surface area contributed by atoms with Crippen LogP contribution in [-0.4, -0.2) is 23.1 Å². The smallest absolute Gasteiger partial charge is 0.225 e. The van der Waals surface area contributed by atoms with Crippen molar-refractivity contribution in [3.63, 3.8) is 0 Å². The second-order valence-corrected chi connectivity index (χ2v) is 6.75. The Balaban J connectivity index is 2.74. The van der Waals surface area contributed by atoms with Crippen LogP contribution < -0.4 is 4.90 Å². The highest BCUT2D eigenvalue weighted by atomic mass is 15.2. The van der Waals surface area contributed by atoms with Crippen molar-refractivity contribution in [3.05, 3.63) is 18.0 Å². The van der Waals surface area contributed by atoms with E-state index >= 15 is 0 Å². The fourth-order valence-corrected chi connectivity index (χ4v) is 2.09. The molecule has 0 atom stereocenters. The van der Waals surface area contributed by atoms with E-state index in [-0.39, 0.29) is 0 Å². The molecule has 114 valence electrons. The highest BCUT2D eigenvalue weighted by Crippen LogP contribution is 2.20. The predicted octanol–water partition coefficient (Wildman–Crippen LogP) is 4.47. The molecule has 3 heteroatoms. The van der Waals surface area contributed by atoms with E-state index in [9.17, 15) is 0 Å². The normalized spacial score (nSPS) is 11.7. The zero-order valence-corrected chi connectivity index (χ0v) is 13.9. The first kappa shape index (κ1) is 16.9. The Morgan fingerprint density at radius 1 is 1.10 bits per heavy atom. The summed E-state index contributed by atoms with van der Waals surface area (Å²) >= 11 is 0. The molecular formula is C17H31N3. The lowest BCUT2D eigenvalue weighted by molar-refractivity contribution is 0.377. The van der Waals surface area contributed by atoms with E-state index in [2.05, 4.69) is 44.5 Å². The maximum atomic E-state index is 4.74. The van der Waals surface area contributed by atoms with Gasteiger partial charge < -0.3 is 4.90 Å². The average Bonchev–Trinajstić information content (AvgIpc) is 2.40. The van der Waals surface area contributed by atoms with Gasteiger partial charge in [-0.25, -0.2) is 9.97 Å². The average molecular weight is 277 g/mol. The molecule has 0 saturated heterocycles. The van der Waals surface area contributed by atoms with Gasteiger partial charge in [-0.2, -0.15) is 0 Å². The molecule has 0 spiro atoms. The van der Waals surface area contributed by atoms with Gasteiger partial charge in [0.25, 0.3) is 0 Å². The molecule has 0 N–H and O–H groups in total. The molecule has 0 aliphatic heterocycles. The quantitative estimate of drug-likeness (QED) is 0.702. The van der Waals surface area contributed by atoms with Crippen molar-refractivity contribution in [2.75, 3.05) is 18.0 Å². The summed E-state index contributed by atoms with van der Waals surface area (Å²) in [4.78, 5) is 11.6. The molecule has 0 aliphatic rings. The van der Waals surface area contributed by atoms with Crippen molar-refractivity contribution in [3.8, 4) is 0 Å². The number of aromatic nitrogens is 2. The van der Waals surface area contributed by atoms with Crippen LogP contribution in [0.1, 0.15) is 66.0 Å². The lowest BCUT2D eigenvalue weighted by Gasteiger charge is -2.26. The van der Waals surface area contributed by atoms with Gasteiger partial charge >= 0.3 is 0 Å². The summed E-state index contributed by atoms with van der Waals surface area (Å²) in [6.07, 6.45) is 7.68. The third kappa shape index (κ3) is 6.36. The molecule has 1 aromatic heterocycles. The SMILES string of the molecule is CCCCc1ccnc(N(CCC)CCC(C)(C)C)n1. The van der Waals surface area contributed by atoms with Crippen molar-refractivity contribution >= 4 is 5.95 Å². The number of rotatable bonds is 8. The Labute approximate surface area is 124 Å². The summed E-state index contributed by atoms with van der Waals surface area (Å²) in [6.45, 7) is 13.4. The minimum atomic E-state index is 0.353. The number of aryl methyl sites for hydroxylation is 1. The number of unbranched alkanes of at least 4 members (excludes halogenated alkanes) is 1. The highest BCUT2D eigenvalue weighted by Gasteiger charge is 2.15. The minimum Gasteiger partial charge on any atom is -0.341 e. The molecule has 3 nitrogen and oxygen atoms in total. The largest absolute Gasteiger partial charge is 0.341 e. The standard InChI is InChI=1S/C17H31N3/c1-6-8-9-15-10-12-18-16(19-15)20(13-7-2)14-11-17(3,4)5/h10,12H,6-9,11,13-14H2,1-5H3. The molecule has 1 heterocycles. The maximum Gasteiger partial charge on any atom is 0.225 e. The number of anilines is 1. The van der Waals surface area contributed by atoms with Crippen molar-refractivity contribution in [1.29, 1.82) is 0 Å². The summed E-state index contributed by atoms with van der Waals surface area (Å²) in [5, 5.41) is 0. The predicted molar refractivity (Wildman–Crippen MR) is 87.2 cm³/mol. The first-order valence-corrected chi connectivity index (χ1v) is 8.03. The zero-order chi connectivity index (χ0) is 15.0. The van der Waals surface area contributed by atoms with Gasteiger partial charge in [0.05, 0.1) is 0 Å². The van der Waals surface area contributed by atoms with Crippen LogP contribution in [0.25, 0.3) is 0 Å². The molecule has 1 rings (SSSR count). The molecule has 0 amide bonds. The number of hydrogen-bond acceptors (Lipinski definition) is 3. The maximum absolute atomic E-state index is 4.74. The van der Waals surface area contributed by atoms with Gasteiger partial charge in [-0.1, -0.05) is 41.0 Å². The van der Waals surface area contributed by atoms with E-state index < -0.39 is 0 Å². The van der Waals surface area contributed by atoms with Gasteiger partial charge in [0.15, 0.2) is 0 Å². The van der Waals surface area contributed by atoms with E-state index in [1.54, 1.807) is 0 Å². The summed E-state index contributed by atoms with van der Waals surface area (Å²) in [7, 11) is 0. The number of hydrogen-bond donors (Lipinski definition) is 0. The Hall–Kier alpha value is -1.12. The topological polar surface area (TPSA) is 29.0 Å². The third-order valence-electron chi connectivity index (χ3n) is 3.40. The summed E-state index contributed by atoms with van der Waals surface area (Å²) in [6, 6.07) is 2.05. The molecule has 0 aromatic carbocycles. The van der Waals surface area contributed by atoms with Gasteiger partial charge in [-0.05, 0) is 37.2 Å². The molecule has 20 heavy (non-hydrogen) atoms. The van der Waals surface area contributed by atoms with E-state index in [0.29, 0.717) is 5.41 Å². The number of nitrogens with zero attached hydrogens (tertiary/aromatic N) is 3.